The van der Waals surface area contributed by atoms with Crippen molar-refractivity contribution in [3.63, 3.8) is 0 Å². The van der Waals surface area contributed by atoms with Gasteiger partial charge in [0, 0.05) is 24.7 Å². The van der Waals surface area contributed by atoms with E-state index in [9.17, 15) is 45.7 Å². The Bertz CT molecular complexity index is 2300. The molecule has 0 aromatic heterocycles. The smallest absolute Gasteiger partial charge is 0.343 e. The lowest BCUT2D eigenvalue weighted by Gasteiger charge is -2.33. The predicted octanol–water partition coefficient (Wildman–Crippen LogP) is 5.89. The molecule has 8 rings (SSSR count). The van der Waals surface area contributed by atoms with Crippen LogP contribution in [0.25, 0.3) is 0 Å². The van der Waals surface area contributed by atoms with Crippen molar-refractivity contribution in [2.24, 2.45) is 11.8 Å². The van der Waals surface area contributed by atoms with Gasteiger partial charge >= 0.3 is 11.9 Å². The van der Waals surface area contributed by atoms with E-state index in [-0.39, 0.29) is 39.3 Å². The third kappa shape index (κ3) is 15.7. The molecule has 2 saturated heterocycles. The normalized spacial score (nSPS) is 21.5. The van der Waals surface area contributed by atoms with E-state index >= 15 is 0 Å². The van der Waals surface area contributed by atoms with Crippen molar-refractivity contribution < 1.29 is 69.7 Å². The van der Waals surface area contributed by atoms with Crippen LogP contribution in [0.1, 0.15) is 86.5 Å². The van der Waals surface area contributed by atoms with E-state index in [0.29, 0.717) is 11.1 Å². The zero-order chi connectivity index (χ0) is 50.0. The number of nitrogens with zero attached hydrogens (tertiary/aromatic N) is 2. The number of likely N-dealkylation sites (N-methyl/N-ethyl adjacent to an activating group) is 2. The average molecular weight is 997 g/mol. The Hall–Kier alpha value is -4.56. The number of rotatable bonds is 10. The number of quaternary nitrogens is 2. The number of likely N-dealkylation sites (tertiary alicyclic amines) is 2. The second-order valence-corrected chi connectivity index (χ2v) is 22.8. The second kappa shape index (κ2) is 24.0. The van der Waals surface area contributed by atoms with Gasteiger partial charge in [-0.3, -0.25) is 0 Å². The molecule has 4 atom stereocenters. The first-order chi connectivity index (χ1) is 31.8. The van der Waals surface area contributed by atoms with E-state index in [1.807, 2.05) is 74.5 Å². The molecule has 4 fully saturated rings. The van der Waals surface area contributed by atoms with Crippen LogP contribution < -0.4 is 0 Å². The Labute approximate surface area is 409 Å². The van der Waals surface area contributed by atoms with Gasteiger partial charge in [-0.2, -0.15) is 0 Å². The van der Waals surface area contributed by atoms with E-state index in [1.54, 1.807) is 24.3 Å². The number of hydrogen-bond donors (Lipinski definition) is 2. The highest BCUT2D eigenvalue weighted by Crippen LogP contribution is 2.43. The van der Waals surface area contributed by atoms with E-state index in [1.165, 1.54) is 24.3 Å². The number of hydrogen-bond acceptors (Lipinski definition) is 12. The standard InChI is InChI=1S/2C19H28NO3.2C7H8O3S.H2O/c2*1-20(2)13-12-17(14-20)23-18(21)19(22,16-10-6-7-11-16)15-8-4-3-5-9-15;2*1-6-2-4-7(5-3-6)11(8,9)10;/h2*3-5,8-9,16-17,22H,6-7,10-14H2,1-2H3;2*2-5H,1H3,(H,8,9,10);1H2/q2*+1;;;/p-2. The van der Waals surface area contributed by atoms with Crippen LogP contribution in [0.4, 0.5) is 0 Å². The molecular weight excluding hydrogens is 925 g/mol. The van der Waals surface area contributed by atoms with Crippen molar-refractivity contribution in [3.8, 4) is 0 Å². The highest BCUT2D eigenvalue weighted by Gasteiger charge is 2.51. The quantitative estimate of drug-likeness (QED) is 0.108. The van der Waals surface area contributed by atoms with Gasteiger partial charge < -0.3 is 43.2 Å². The van der Waals surface area contributed by atoms with Crippen LogP contribution >= 0.6 is 0 Å². The summed E-state index contributed by atoms with van der Waals surface area (Å²) >= 11 is 0. The minimum atomic E-state index is -4.27. The minimum Gasteiger partial charge on any atom is -0.744 e. The van der Waals surface area contributed by atoms with E-state index in [2.05, 4.69) is 28.2 Å². The summed E-state index contributed by atoms with van der Waals surface area (Å²) in [6, 6.07) is 30.2. The Morgan fingerprint density at radius 1 is 0.522 bits per heavy atom. The van der Waals surface area contributed by atoms with Gasteiger partial charge in [0.2, 0.25) is 0 Å². The number of aryl methyl sites for hydroxylation is 2. The first-order valence-electron chi connectivity index (χ1n) is 23.5. The van der Waals surface area contributed by atoms with Gasteiger partial charge in [-0.1, -0.05) is 122 Å². The third-order valence-electron chi connectivity index (χ3n) is 13.6. The van der Waals surface area contributed by atoms with Gasteiger partial charge in [0.1, 0.15) is 33.3 Å². The number of carbonyl (C=O) groups excluding carboxylic acids is 2. The van der Waals surface area contributed by atoms with Crippen molar-refractivity contribution >= 4 is 32.2 Å². The molecule has 4 unspecified atom stereocenters. The molecule has 4 aromatic carbocycles. The number of esters is 2. The maximum Gasteiger partial charge on any atom is 0.343 e. The molecule has 69 heavy (non-hydrogen) atoms. The summed E-state index contributed by atoms with van der Waals surface area (Å²) in [5.74, 6) is -0.993. The fraction of sp³-hybridized carbons (Fsp3) is 0.500. The van der Waals surface area contributed by atoms with Gasteiger partial charge in [-0.15, -0.1) is 0 Å². The van der Waals surface area contributed by atoms with Gasteiger partial charge in [-0.25, -0.2) is 26.4 Å². The van der Waals surface area contributed by atoms with Gasteiger partial charge in [-0.05, 0) is 74.9 Å². The van der Waals surface area contributed by atoms with E-state index in [0.717, 1.165) is 110 Å². The zero-order valence-corrected chi connectivity index (χ0v) is 42.4. The van der Waals surface area contributed by atoms with Crippen molar-refractivity contribution in [2.45, 2.75) is 111 Å². The Morgan fingerprint density at radius 2 is 0.812 bits per heavy atom. The SMILES string of the molecule is C[N+]1(C)CCC(OC(=O)C(O)(c2ccccc2)C2CCCC2)C1.C[N+]1(C)CCC(OC(=O)C(O)(c2ccccc2)C2CCCC2)C1.Cc1ccc(S(=O)(=O)[O-])cc1.Cc1ccc(S(=O)(=O)[O-])cc1.O. The number of carbonyl (C=O) groups is 2. The summed E-state index contributed by atoms with van der Waals surface area (Å²) < 4.78 is 75.6. The van der Waals surface area contributed by atoms with Crippen molar-refractivity contribution in [1.29, 1.82) is 0 Å². The van der Waals surface area contributed by atoms with Crippen molar-refractivity contribution in [3.05, 3.63) is 131 Å². The minimum absolute atomic E-state index is 0. The summed E-state index contributed by atoms with van der Waals surface area (Å²) in [5, 5.41) is 22.7. The van der Waals surface area contributed by atoms with Crippen molar-refractivity contribution in [1.82, 2.24) is 0 Å². The molecule has 0 radical (unpaired) electrons. The maximum atomic E-state index is 12.9. The topological polar surface area (TPSA) is 239 Å². The van der Waals surface area contributed by atoms with Crippen LogP contribution in [0, 0.1) is 25.7 Å². The number of ether oxygens (including phenoxy) is 2. The molecule has 4 aliphatic rings. The van der Waals surface area contributed by atoms with Crippen LogP contribution in [0.15, 0.2) is 119 Å². The summed E-state index contributed by atoms with van der Waals surface area (Å²) in [7, 11) is 0.0489. The Balaban J connectivity index is 0.000000211. The summed E-state index contributed by atoms with van der Waals surface area (Å²) in [5.41, 5.74) is 0.191. The molecule has 0 bridgehead atoms. The Kier molecular flexibility index (Phi) is 19.9. The largest absolute Gasteiger partial charge is 0.744 e. The first-order valence-corrected chi connectivity index (χ1v) is 26.3. The third-order valence-corrected chi connectivity index (χ3v) is 15.3. The molecule has 2 heterocycles. The van der Waals surface area contributed by atoms with Crippen LogP contribution in [-0.4, -0.2) is 129 Å². The predicted molar refractivity (Wildman–Crippen MR) is 259 cm³/mol. The Morgan fingerprint density at radius 3 is 1.06 bits per heavy atom. The molecular formula is C52H72N2O13S2. The summed E-state index contributed by atoms with van der Waals surface area (Å²) in [4.78, 5) is 25.5. The molecule has 4 aromatic rings. The lowest BCUT2D eigenvalue weighted by Crippen LogP contribution is -2.46. The fourth-order valence-electron chi connectivity index (χ4n) is 9.65. The highest BCUT2D eigenvalue weighted by molar-refractivity contribution is 7.86. The van der Waals surface area contributed by atoms with Crippen molar-refractivity contribution in [2.75, 3.05) is 54.4 Å². The molecule has 2 aliphatic carbocycles. The molecule has 2 aliphatic heterocycles. The summed E-state index contributed by atoms with van der Waals surface area (Å²) in [6.45, 7) is 7.29. The molecule has 2 saturated carbocycles. The molecule has 4 N–H and O–H groups in total. The van der Waals surface area contributed by atoms with E-state index < -0.39 is 43.4 Å². The molecule has 17 heteroatoms. The lowest BCUT2D eigenvalue weighted by atomic mass is 9.80. The molecule has 380 valence electrons. The first kappa shape index (κ1) is 57.0. The van der Waals surface area contributed by atoms with Crippen LogP contribution in [-0.2, 0) is 50.5 Å². The van der Waals surface area contributed by atoms with E-state index in [4.69, 9.17) is 9.47 Å². The number of benzene rings is 4. The van der Waals surface area contributed by atoms with Crippen LogP contribution in [0.5, 0.6) is 0 Å². The molecule has 0 amide bonds. The average Bonchev–Trinajstić information content (AvgIpc) is 4.14. The monoisotopic (exact) mass is 996 g/mol. The number of aliphatic hydroxyl groups is 2. The fourth-order valence-corrected chi connectivity index (χ4v) is 10.6. The van der Waals surface area contributed by atoms with Gasteiger partial charge in [0.05, 0.1) is 51.1 Å². The van der Waals surface area contributed by atoms with Crippen LogP contribution in [0.2, 0.25) is 0 Å². The van der Waals surface area contributed by atoms with Gasteiger partial charge in [0.15, 0.2) is 23.4 Å². The highest BCUT2D eigenvalue weighted by atomic mass is 32.2. The second-order valence-electron chi connectivity index (χ2n) is 20.1. The summed E-state index contributed by atoms with van der Waals surface area (Å²) in [6.07, 6.45) is 9.37. The molecule has 0 spiro atoms. The van der Waals surface area contributed by atoms with Crippen LogP contribution in [0.3, 0.4) is 0 Å². The maximum absolute atomic E-state index is 12.9. The van der Waals surface area contributed by atoms with Gasteiger partial charge in [0.25, 0.3) is 0 Å². The lowest BCUT2D eigenvalue weighted by molar-refractivity contribution is -0.879. The zero-order valence-electron chi connectivity index (χ0n) is 40.8. The molecule has 15 nitrogen and oxygen atoms in total.